The summed E-state index contributed by atoms with van der Waals surface area (Å²) in [7, 11) is 0. The Labute approximate surface area is 123 Å². The summed E-state index contributed by atoms with van der Waals surface area (Å²) >= 11 is 1.73. The number of aryl methyl sites for hydroxylation is 1. The third-order valence-electron chi connectivity index (χ3n) is 4.14. The predicted octanol–water partition coefficient (Wildman–Crippen LogP) is 1.73. The third-order valence-corrected chi connectivity index (χ3v) is 5.22. The molecule has 108 valence electrons. The second-order valence-corrected chi connectivity index (χ2v) is 6.75. The Kier molecular flexibility index (Phi) is 3.78. The first-order valence-corrected chi connectivity index (χ1v) is 8.13. The van der Waals surface area contributed by atoms with Crippen LogP contribution in [0.4, 0.5) is 0 Å². The van der Waals surface area contributed by atoms with Gasteiger partial charge in [0.15, 0.2) is 0 Å². The normalized spacial score (nSPS) is 22.4. The van der Waals surface area contributed by atoms with Crippen LogP contribution in [0.25, 0.3) is 0 Å². The standard InChI is InChI=1S/C15H20N2O2S/c1-10-5-7-20-13(10)4-6-16-15(19)11-8-14(18)17(9-11)12-2-3-12/h5,7,11-12H,2-4,6,8-9H2,1H3,(H,16,19). The van der Waals surface area contributed by atoms with E-state index in [-0.39, 0.29) is 17.7 Å². The number of nitrogens with one attached hydrogen (secondary N) is 1. The lowest BCUT2D eigenvalue weighted by Crippen LogP contribution is -2.34. The summed E-state index contributed by atoms with van der Waals surface area (Å²) in [5.41, 5.74) is 1.29. The highest BCUT2D eigenvalue weighted by molar-refractivity contribution is 7.10. The van der Waals surface area contributed by atoms with Gasteiger partial charge in [-0.2, -0.15) is 0 Å². The second kappa shape index (κ2) is 5.56. The average molecular weight is 292 g/mol. The molecular weight excluding hydrogens is 272 g/mol. The highest BCUT2D eigenvalue weighted by atomic mass is 32.1. The van der Waals surface area contributed by atoms with Crippen LogP contribution < -0.4 is 5.32 Å². The summed E-state index contributed by atoms with van der Waals surface area (Å²) in [6, 6.07) is 2.53. The van der Waals surface area contributed by atoms with Gasteiger partial charge in [0.05, 0.1) is 5.92 Å². The first-order valence-electron chi connectivity index (χ1n) is 7.25. The van der Waals surface area contributed by atoms with Crippen LogP contribution in [0.1, 0.15) is 29.7 Å². The molecule has 4 nitrogen and oxygen atoms in total. The third kappa shape index (κ3) is 2.87. The average Bonchev–Trinajstić information content (AvgIpc) is 3.08. The summed E-state index contributed by atoms with van der Waals surface area (Å²) in [4.78, 5) is 27.2. The van der Waals surface area contributed by atoms with Crippen molar-refractivity contribution in [3.63, 3.8) is 0 Å². The van der Waals surface area contributed by atoms with Crippen molar-refractivity contribution >= 4 is 23.2 Å². The molecule has 2 amide bonds. The largest absolute Gasteiger partial charge is 0.355 e. The predicted molar refractivity (Wildman–Crippen MR) is 78.6 cm³/mol. The highest BCUT2D eigenvalue weighted by Gasteiger charge is 2.41. The van der Waals surface area contributed by atoms with Crippen LogP contribution in [-0.2, 0) is 16.0 Å². The van der Waals surface area contributed by atoms with Crippen LogP contribution in [0, 0.1) is 12.8 Å². The van der Waals surface area contributed by atoms with Gasteiger partial charge in [-0.05, 0) is 43.2 Å². The zero-order valence-electron chi connectivity index (χ0n) is 11.7. The van der Waals surface area contributed by atoms with E-state index in [1.807, 2.05) is 4.90 Å². The topological polar surface area (TPSA) is 49.4 Å². The molecule has 0 spiro atoms. The number of carbonyl (C=O) groups excluding carboxylic acids is 2. The van der Waals surface area contributed by atoms with Gasteiger partial charge in [-0.15, -0.1) is 11.3 Å². The Hall–Kier alpha value is -1.36. The Morgan fingerprint density at radius 3 is 2.95 bits per heavy atom. The van der Waals surface area contributed by atoms with E-state index < -0.39 is 0 Å². The molecule has 1 aliphatic carbocycles. The second-order valence-electron chi connectivity index (χ2n) is 5.75. The van der Waals surface area contributed by atoms with Crippen LogP contribution in [0.15, 0.2) is 11.4 Å². The molecule has 5 heteroatoms. The number of carbonyl (C=O) groups is 2. The lowest BCUT2D eigenvalue weighted by Gasteiger charge is -2.15. The van der Waals surface area contributed by atoms with Gasteiger partial charge in [-0.3, -0.25) is 9.59 Å². The number of nitrogens with zero attached hydrogens (tertiary/aromatic N) is 1. The van der Waals surface area contributed by atoms with Crippen LogP contribution in [0.2, 0.25) is 0 Å². The van der Waals surface area contributed by atoms with E-state index in [1.165, 1.54) is 10.4 Å². The van der Waals surface area contributed by atoms with Gasteiger partial charge in [0.25, 0.3) is 0 Å². The summed E-state index contributed by atoms with van der Waals surface area (Å²) in [6.07, 6.45) is 3.48. The van der Waals surface area contributed by atoms with E-state index in [4.69, 9.17) is 0 Å². The summed E-state index contributed by atoms with van der Waals surface area (Å²) in [5, 5.41) is 5.06. The minimum atomic E-state index is -0.146. The molecule has 3 rings (SSSR count). The van der Waals surface area contributed by atoms with E-state index in [0.717, 1.165) is 19.3 Å². The molecule has 0 bridgehead atoms. The quantitative estimate of drug-likeness (QED) is 0.898. The SMILES string of the molecule is Cc1ccsc1CCNC(=O)C1CC(=O)N(C2CC2)C1. The van der Waals surface area contributed by atoms with Gasteiger partial charge < -0.3 is 10.2 Å². The number of amides is 2. The van der Waals surface area contributed by atoms with Crippen LogP contribution in [0.3, 0.4) is 0 Å². The maximum atomic E-state index is 12.1. The fourth-order valence-electron chi connectivity index (χ4n) is 2.75. The molecule has 1 saturated carbocycles. The lowest BCUT2D eigenvalue weighted by molar-refractivity contribution is -0.129. The molecule has 1 unspecified atom stereocenters. The van der Waals surface area contributed by atoms with Crippen LogP contribution in [-0.4, -0.2) is 35.8 Å². The van der Waals surface area contributed by atoms with Gasteiger partial charge in [-0.1, -0.05) is 0 Å². The van der Waals surface area contributed by atoms with Gasteiger partial charge in [0, 0.05) is 30.4 Å². The number of hydrogen-bond donors (Lipinski definition) is 1. The summed E-state index contributed by atoms with van der Waals surface area (Å²) < 4.78 is 0. The van der Waals surface area contributed by atoms with E-state index in [9.17, 15) is 9.59 Å². The van der Waals surface area contributed by atoms with Crippen molar-refractivity contribution in [2.24, 2.45) is 5.92 Å². The Bertz CT molecular complexity index is 522. The monoisotopic (exact) mass is 292 g/mol. The number of likely N-dealkylation sites (tertiary alicyclic amines) is 1. The van der Waals surface area contributed by atoms with Gasteiger partial charge in [0.2, 0.25) is 11.8 Å². The molecule has 2 aliphatic rings. The first kappa shape index (κ1) is 13.6. The smallest absolute Gasteiger partial charge is 0.225 e. The lowest BCUT2D eigenvalue weighted by atomic mass is 10.1. The van der Waals surface area contributed by atoms with Crippen molar-refractivity contribution in [3.05, 3.63) is 21.9 Å². The fraction of sp³-hybridized carbons (Fsp3) is 0.600. The first-order chi connectivity index (χ1) is 9.65. The van der Waals surface area contributed by atoms with Gasteiger partial charge >= 0.3 is 0 Å². The molecule has 1 aromatic heterocycles. The molecule has 20 heavy (non-hydrogen) atoms. The molecule has 2 heterocycles. The molecule has 1 saturated heterocycles. The van der Waals surface area contributed by atoms with Crippen LogP contribution in [0.5, 0.6) is 0 Å². The maximum Gasteiger partial charge on any atom is 0.225 e. The molecule has 1 aromatic rings. The minimum Gasteiger partial charge on any atom is -0.355 e. The Morgan fingerprint density at radius 1 is 1.50 bits per heavy atom. The molecule has 1 N–H and O–H groups in total. The molecule has 2 fully saturated rings. The molecule has 0 aromatic carbocycles. The van der Waals surface area contributed by atoms with E-state index in [1.54, 1.807) is 11.3 Å². The van der Waals surface area contributed by atoms with E-state index in [0.29, 0.717) is 25.6 Å². The molecular formula is C15H20N2O2S. The van der Waals surface area contributed by atoms with Crippen molar-refractivity contribution in [2.45, 2.75) is 38.6 Å². The highest BCUT2D eigenvalue weighted by Crippen LogP contribution is 2.32. The Morgan fingerprint density at radius 2 is 2.30 bits per heavy atom. The minimum absolute atomic E-state index is 0.0377. The summed E-state index contributed by atoms with van der Waals surface area (Å²) in [6.45, 7) is 3.37. The number of thiophene rings is 1. The van der Waals surface area contributed by atoms with Crippen molar-refractivity contribution < 1.29 is 9.59 Å². The van der Waals surface area contributed by atoms with Gasteiger partial charge in [-0.25, -0.2) is 0 Å². The fourth-order valence-corrected chi connectivity index (χ4v) is 3.66. The zero-order chi connectivity index (χ0) is 14.1. The molecule has 0 radical (unpaired) electrons. The van der Waals surface area contributed by atoms with Crippen LogP contribution >= 0.6 is 11.3 Å². The number of rotatable bonds is 5. The van der Waals surface area contributed by atoms with Crippen molar-refractivity contribution in [2.75, 3.05) is 13.1 Å². The molecule has 1 aliphatic heterocycles. The summed E-state index contributed by atoms with van der Waals surface area (Å²) in [5.74, 6) is 0.0463. The van der Waals surface area contributed by atoms with Gasteiger partial charge in [0.1, 0.15) is 0 Å². The van der Waals surface area contributed by atoms with Crippen molar-refractivity contribution in [3.8, 4) is 0 Å². The maximum absolute atomic E-state index is 12.1. The van der Waals surface area contributed by atoms with E-state index >= 15 is 0 Å². The van der Waals surface area contributed by atoms with E-state index in [2.05, 4.69) is 23.7 Å². The van der Waals surface area contributed by atoms with Crippen molar-refractivity contribution in [1.29, 1.82) is 0 Å². The zero-order valence-corrected chi connectivity index (χ0v) is 12.5. The molecule has 1 atom stereocenters. The van der Waals surface area contributed by atoms with Crippen molar-refractivity contribution in [1.82, 2.24) is 10.2 Å². The number of hydrogen-bond acceptors (Lipinski definition) is 3. The Balaban J connectivity index is 1.45.